The van der Waals surface area contributed by atoms with Gasteiger partial charge in [0, 0.05) is 25.2 Å². The third-order valence-electron chi connectivity index (χ3n) is 3.28. The monoisotopic (exact) mass is 263 g/mol. The molecular formula is C12H14FN5O. The summed E-state index contributed by atoms with van der Waals surface area (Å²) in [6.45, 7) is 1.94. The van der Waals surface area contributed by atoms with Crippen molar-refractivity contribution in [3.05, 3.63) is 30.1 Å². The zero-order chi connectivity index (χ0) is 13.4. The highest BCUT2D eigenvalue weighted by Crippen LogP contribution is 2.32. The van der Waals surface area contributed by atoms with Gasteiger partial charge in [-0.05, 0) is 0 Å². The first-order valence-electron chi connectivity index (χ1n) is 5.93. The van der Waals surface area contributed by atoms with Gasteiger partial charge in [-0.1, -0.05) is 0 Å². The number of aromatic nitrogens is 3. The van der Waals surface area contributed by atoms with Gasteiger partial charge in [-0.3, -0.25) is 0 Å². The molecule has 1 aliphatic heterocycles. The molecule has 19 heavy (non-hydrogen) atoms. The predicted octanol–water partition coefficient (Wildman–Crippen LogP) is 1.03. The van der Waals surface area contributed by atoms with Crippen LogP contribution in [0, 0.1) is 5.82 Å². The molecule has 2 N–H and O–H groups in total. The lowest BCUT2D eigenvalue weighted by Gasteiger charge is -2.29. The van der Waals surface area contributed by atoms with Gasteiger partial charge in [-0.25, -0.2) is 4.39 Å². The van der Waals surface area contributed by atoms with E-state index in [1.807, 2.05) is 9.47 Å². The van der Waals surface area contributed by atoms with Crippen molar-refractivity contribution in [1.29, 1.82) is 0 Å². The summed E-state index contributed by atoms with van der Waals surface area (Å²) in [6.07, 6.45) is 1.69. The number of hydrogen-bond acceptors (Lipinski definition) is 5. The fourth-order valence-corrected chi connectivity index (χ4v) is 2.25. The second-order valence-corrected chi connectivity index (χ2v) is 4.41. The summed E-state index contributed by atoms with van der Waals surface area (Å²) in [5.74, 6) is 0.941. The summed E-state index contributed by atoms with van der Waals surface area (Å²) < 4.78 is 21.1. The molecule has 0 unspecified atom stereocenters. The summed E-state index contributed by atoms with van der Waals surface area (Å²) in [5.41, 5.74) is 6.45. The fourth-order valence-electron chi connectivity index (χ4n) is 2.25. The number of methoxy groups -OCH3 is 1. The van der Waals surface area contributed by atoms with Crippen LogP contribution in [0.25, 0.3) is 0 Å². The first kappa shape index (κ1) is 11.8. The predicted molar refractivity (Wildman–Crippen MR) is 68.4 cm³/mol. The maximum atomic E-state index is 14.0. The molecule has 2 aromatic rings. The van der Waals surface area contributed by atoms with Gasteiger partial charge < -0.3 is 19.9 Å². The smallest absolute Gasteiger partial charge is 0.152 e. The first-order chi connectivity index (χ1) is 9.19. The van der Waals surface area contributed by atoms with E-state index >= 15 is 0 Å². The Morgan fingerprint density at radius 1 is 1.37 bits per heavy atom. The second kappa shape index (κ2) is 4.42. The summed E-state index contributed by atoms with van der Waals surface area (Å²) in [7, 11) is 1.51. The maximum Gasteiger partial charge on any atom is 0.152 e. The Kier molecular flexibility index (Phi) is 2.73. The Morgan fingerprint density at radius 3 is 3.00 bits per heavy atom. The third kappa shape index (κ3) is 1.96. The molecule has 100 valence electrons. The van der Waals surface area contributed by atoms with Gasteiger partial charge in [0.15, 0.2) is 5.82 Å². The van der Waals surface area contributed by atoms with Crippen LogP contribution in [0.5, 0.6) is 5.75 Å². The molecule has 0 atom stereocenters. The summed E-state index contributed by atoms with van der Waals surface area (Å²) in [4.78, 5) is 1.90. The highest BCUT2D eigenvalue weighted by molar-refractivity contribution is 5.63. The number of nitrogen functional groups attached to an aromatic ring is 1. The lowest BCUT2D eigenvalue weighted by atomic mass is 10.2. The zero-order valence-electron chi connectivity index (χ0n) is 10.5. The molecule has 1 aromatic heterocycles. The van der Waals surface area contributed by atoms with Crippen LogP contribution in [0.2, 0.25) is 0 Å². The molecule has 0 saturated heterocycles. The molecule has 0 saturated carbocycles. The van der Waals surface area contributed by atoms with Gasteiger partial charge in [0.25, 0.3) is 0 Å². The van der Waals surface area contributed by atoms with Crippen LogP contribution in [-0.2, 0) is 13.1 Å². The van der Waals surface area contributed by atoms with E-state index < -0.39 is 0 Å². The van der Waals surface area contributed by atoms with Crippen molar-refractivity contribution in [2.75, 3.05) is 24.3 Å². The van der Waals surface area contributed by atoms with Crippen molar-refractivity contribution >= 4 is 11.4 Å². The minimum atomic E-state index is -0.355. The van der Waals surface area contributed by atoms with Gasteiger partial charge >= 0.3 is 0 Å². The van der Waals surface area contributed by atoms with Crippen molar-refractivity contribution in [2.45, 2.75) is 13.1 Å². The zero-order valence-corrected chi connectivity index (χ0v) is 10.5. The number of rotatable bonds is 2. The van der Waals surface area contributed by atoms with Crippen LogP contribution < -0.4 is 15.4 Å². The molecule has 0 fully saturated rings. The van der Waals surface area contributed by atoms with Gasteiger partial charge in [0.05, 0.1) is 25.0 Å². The van der Waals surface area contributed by atoms with Crippen LogP contribution >= 0.6 is 0 Å². The Morgan fingerprint density at radius 2 is 2.21 bits per heavy atom. The minimum Gasteiger partial charge on any atom is -0.495 e. The lowest BCUT2D eigenvalue weighted by molar-refractivity contribution is 0.415. The van der Waals surface area contributed by atoms with Crippen molar-refractivity contribution in [1.82, 2.24) is 14.8 Å². The van der Waals surface area contributed by atoms with Crippen molar-refractivity contribution < 1.29 is 9.13 Å². The van der Waals surface area contributed by atoms with E-state index in [0.717, 1.165) is 12.4 Å². The molecule has 7 heteroatoms. The van der Waals surface area contributed by atoms with E-state index in [1.54, 1.807) is 12.4 Å². The fraction of sp³-hybridized carbons (Fsp3) is 0.333. The maximum absolute atomic E-state index is 14.0. The summed E-state index contributed by atoms with van der Waals surface area (Å²) in [6, 6.07) is 2.91. The van der Waals surface area contributed by atoms with Crippen LogP contribution in [0.4, 0.5) is 15.8 Å². The average Bonchev–Trinajstić information content (AvgIpc) is 2.86. The average molecular weight is 263 g/mol. The molecular weight excluding hydrogens is 249 g/mol. The number of anilines is 2. The van der Waals surface area contributed by atoms with Crippen LogP contribution in [0.15, 0.2) is 18.5 Å². The van der Waals surface area contributed by atoms with Crippen LogP contribution in [0.3, 0.4) is 0 Å². The molecule has 2 heterocycles. The molecule has 1 aromatic carbocycles. The molecule has 3 rings (SSSR count). The van der Waals surface area contributed by atoms with Crippen molar-refractivity contribution in [2.24, 2.45) is 0 Å². The molecule has 0 radical (unpaired) electrons. The molecule has 0 aliphatic carbocycles. The van der Waals surface area contributed by atoms with Crippen molar-refractivity contribution in [3.63, 3.8) is 0 Å². The molecule has 0 amide bonds. The molecule has 0 bridgehead atoms. The topological polar surface area (TPSA) is 69.2 Å². The van der Waals surface area contributed by atoms with E-state index in [9.17, 15) is 4.39 Å². The SMILES string of the molecule is COc1cc(N2CCn3cnnc3C2)c(F)cc1N. The van der Waals surface area contributed by atoms with E-state index in [0.29, 0.717) is 30.2 Å². The number of hydrogen-bond donors (Lipinski definition) is 1. The van der Waals surface area contributed by atoms with Gasteiger partial charge in [-0.15, -0.1) is 10.2 Å². The summed E-state index contributed by atoms with van der Waals surface area (Å²) in [5, 5.41) is 7.87. The number of nitrogens with two attached hydrogens (primary N) is 1. The minimum absolute atomic E-state index is 0.295. The van der Waals surface area contributed by atoms with Crippen LogP contribution in [0.1, 0.15) is 5.82 Å². The Balaban J connectivity index is 1.95. The van der Waals surface area contributed by atoms with Gasteiger partial charge in [0.1, 0.15) is 17.9 Å². The Labute approximate surface area is 109 Å². The number of benzene rings is 1. The van der Waals surface area contributed by atoms with Gasteiger partial charge in [-0.2, -0.15) is 0 Å². The van der Waals surface area contributed by atoms with E-state index in [1.165, 1.54) is 13.2 Å². The van der Waals surface area contributed by atoms with Crippen LogP contribution in [-0.4, -0.2) is 28.4 Å². The Bertz CT molecular complexity index is 612. The molecule has 6 nitrogen and oxygen atoms in total. The second-order valence-electron chi connectivity index (χ2n) is 4.41. The number of fused-ring (bicyclic) bond motifs is 1. The van der Waals surface area contributed by atoms with Gasteiger partial charge in [0.2, 0.25) is 0 Å². The molecule has 0 spiro atoms. The highest BCUT2D eigenvalue weighted by atomic mass is 19.1. The number of nitrogens with zero attached hydrogens (tertiary/aromatic N) is 4. The van der Waals surface area contributed by atoms with E-state index in [4.69, 9.17) is 10.5 Å². The van der Waals surface area contributed by atoms with Crippen molar-refractivity contribution in [3.8, 4) is 5.75 Å². The number of halogens is 1. The third-order valence-corrected chi connectivity index (χ3v) is 3.28. The Hall–Kier alpha value is -2.31. The largest absolute Gasteiger partial charge is 0.495 e. The molecule has 1 aliphatic rings. The lowest BCUT2D eigenvalue weighted by Crippen LogP contribution is -2.34. The number of ether oxygens (including phenoxy) is 1. The highest BCUT2D eigenvalue weighted by Gasteiger charge is 2.21. The standard InChI is InChI=1S/C12H14FN5O/c1-19-11-5-10(8(13)4-9(11)14)17-2-3-18-7-15-16-12(18)6-17/h4-5,7H,2-3,6,14H2,1H3. The first-order valence-corrected chi connectivity index (χ1v) is 5.93. The quantitative estimate of drug-likeness (QED) is 0.819. The summed E-state index contributed by atoms with van der Waals surface area (Å²) >= 11 is 0. The van der Waals surface area contributed by atoms with E-state index in [-0.39, 0.29) is 5.82 Å². The van der Waals surface area contributed by atoms with E-state index in [2.05, 4.69) is 10.2 Å². The normalized spacial score (nSPS) is 14.3.